The molecule has 3 rings (SSSR count). The molecule has 206 valence electrons. The third-order valence-electron chi connectivity index (χ3n) is 5.06. The van der Waals surface area contributed by atoms with Crippen LogP contribution in [0, 0.1) is 0 Å². The molecule has 0 atom stereocenters. The van der Waals surface area contributed by atoms with E-state index in [1.165, 1.54) is 31.4 Å². The van der Waals surface area contributed by atoms with Gasteiger partial charge >= 0.3 is 11.9 Å². The Hall–Kier alpha value is -4.03. The number of carbonyl (C=O) groups excluding carboxylic acids is 5. The van der Waals surface area contributed by atoms with Gasteiger partial charge in [0.2, 0.25) is 5.91 Å². The maximum Gasteiger partial charge on any atom is 0.343 e. The lowest BCUT2D eigenvalue weighted by Gasteiger charge is -2.13. The van der Waals surface area contributed by atoms with Gasteiger partial charge in [0.15, 0.2) is 18.1 Å². The maximum absolute atomic E-state index is 12.9. The summed E-state index contributed by atoms with van der Waals surface area (Å²) in [6.45, 7) is 3.05. The smallest absolute Gasteiger partial charge is 0.343 e. The van der Waals surface area contributed by atoms with E-state index in [9.17, 15) is 24.0 Å². The van der Waals surface area contributed by atoms with Gasteiger partial charge in [-0.1, -0.05) is 17.7 Å². The van der Waals surface area contributed by atoms with Gasteiger partial charge in [0.1, 0.15) is 6.54 Å². The van der Waals surface area contributed by atoms with Crippen LogP contribution in [-0.2, 0) is 23.9 Å². The second kappa shape index (κ2) is 13.7. The van der Waals surface area contributed by atoms with E-state index in [1.807, 2.05) is 0 Å². The molecule has 2 aromatic carbocycles. The Balaban J connectivity index is 1.71. The van der Waals surface area contributed by atoms with Gasteiger partial charge in [-0.05, 0) is 67.6 Å². The molecule has 0 aromatic heterocycles. The fraction of sp³-hybridized carbons (Fsp3) is 0.269. The van der Waals surface area contributed by atoms with E-state index in [0.29, 0.717) is 35.4 Å². The number of imide groups is 1. The summed E-state index contributed by atoms with van der Waals surface area (Å²) >= 11 is 6.72. The average molecular weight is 577 g/mol. The van der Waals surface area contributed by atoms with E-state index >= 15 is 0 Å². The minimum absolute atomic E-state index is 0.0681. The molecule has 1 heterocycles. The van der Waals surface area contributed by atoms with Gasteiger partial charge in [0, 0.05) is 5.69 Å². The summed E-state index contributed by atoms with van der Waals surface area (Å²) in [6, 6.07) is 9.03. The number of nitrogens with one attached hydrogen (secondary N) is 1. The zero-order valence-electron chi connectivity index (χ0n) is 21.3. The molecule has 0 saturated carbocycles. The molecule has 1 aliphatic rings. The predicted molar refractivity (Wildman–Crippen MR) is 144 cm³/mol. The molecule has 0 spiro atoms. The summed E-state index contributed by atoms with van der Waals surface area (Å²) in [7, 11) is 1.24. The molecule has 1 aliphatic heterocycles. The lowest BCUT2D eigenvalue weighted by molar-refractivity contribution is -0.143. The van der Waals surface area contributed by atoms with Crippen LogP contribution in [0.25, 0.3) is 6.08 Å². The van der Waals surface area contributed by atoms with Gasteiger partial charge in [-0.2, -0.15) is 0 Å². The number of anilines is 1. The van der Waals surface area contributed by atoms with Crippen LogP contribution in [-0.4, -0.2) is 67.4 Å². The van der Waals surface area contributed by atoms with Gasteiger partial charge in [-0.3, -0.25) is 19.3 Å². The van der Waals surface area contributed by atoms with Crippen molar-refractivity contribution in [3.05, 3.63) is 57.5 Å². The molecule has 3 amide bonds. The molecular weight excluding hydrogens is 552 g/mol. The van der Waals surface area contributed by atoms with E-state index in [1.54, 1.807) is 32.0 Å². The Morgan fingerprint density at radius 2 is 1.79 bits per heavy atom. The molecular formula is C26H25ClN2O9S. The standard InChI is InChI=1S/C26H25ClN2O9S/c1-4-36-20-10-15(6-9-19(20)38-14-23(31)35-3)11-21-24(32)29(26(34)39-21)13-22(30)28-16-7-8-18(27)17(12-16)25(33)37-5-2/h6-12H,4-5,13-14H2,1-3H3,(H,28,30)/b21-11+. The van der Waals surface area contributed by atoms with Gasteiger partial charge in [-0.15, -0.1) is 0 Å². The van der Waals surface area contributed by atoms with Crippen molar-refractivity contribution in [2.24, 2.45) is 0 Å². The highest BCUT2D eigenvalue weighted by atomic mass is 35.5. The quantitative estimate of drug-likeness (QED) is 0.307. The van der Waals surface area contributed by atoms with Crippen LogP contribution in [0.5, 0.6) is 11.5 Å². The van der Waals surface area contributed by atoms with Crippen LogP contribution >= 0.6 is 23.4 Å². The van der Waals surface area contributed by atoms with Crippen molar-refractivity contribution in [3.63, 3.8) is 0 Å². The molecule has 1 fully saturated rings. The monoisotopic (exact) mass is 576 g/mol. The summed E-state index contributed by atoms with van der Waals surface area (Å²) in [6.07, 6.45) is 1.49. The van der Waals surface area contributed by atoms with Gasteiger partial charge in [0.05, 0.1) is 35.8 Å². The molecule has 13 heteroatoms. The molecule has 11 nitrogen and oxygen atoms in total. The van der Waals surface area contributed by atoms with Crippen LogP contribution < -0.4 is 14.8 Å². The van der Waals surface area contributed by atoms with Crippen molar-refractivity contribution in [1.82, 2.24) is 4.90 Å². The fourth-order valence-electron chi connectivity index (χ4n) is 3.30. The van der Waals surface area contributed by atoms with Crippen molar-refractivity contribution in [2.45, 2.75) is 13.8 Å². The summed E-state index contributed by atoms with van der Waals surface area (Å²) in [5, 5.41) is 2.08. The second-order valence-corrected chi connectivity index (χ2v) is 9.14. The summed E-state index contributed by atoms with van der Waals surface area (Å²) in [5.74, 6) is -1.87. The van der Waals surface area contributed by atoms with E-state index in [-0.39, 0.29) is 34.4 Å². The first-order valence-electron chi connectivity index (χ1n) is 11.6. The molecule has 2 aromatic rings. The highest BCUT2D eigenvalue weighted by molar-refractivity contribution is 8.18. The van der Waals surface area contributed by atoms with Crippen LogP contribution in [0.2, 0.25) is 5.02 Å². The van der Waals surface area contributed by atoms with Crippen molar-refractivity contribution in [3.8, 4) is 11.5 Å². The Labute approximate surface area is 233 Å². The number of nitrogens with zero attached hydrogens (tertiary/aromatic N) is 1. The Bertz CT molecular complexity index is 1330. The third kappa shape index (κ3) is 7.74. The van der Waals surface area contributed by atoms with E-state index in [2.05, 4.69) is 10.1 Å². The molecule has 0 unspecified atom stereocenters. The van der Waals surface area contributed by atoms with Crippen molar-refractivity contribution in [1.29, 1.82) is 0 Å². The number of amides is 3. The molecule has 1 saturated heterocycles. The van der Waals surface area contributed by atoms with E-state index < -0.39 is 35.5 Å². The summed E-state index contributed by atoms with van der Waals surface area (Å²) in [5.41, 5.74) is 0.845. The number of hydrogen-bond donors (Lipinski definition) is 1. The number of esters is 2. The van der Waals surface area contributed by atoms with Gasteiger partial charge in [0.25, 0.3) is 11.1 Å². The number of halogens is 1. The lowest BCUT2D eigenvalue weighted by Crippen LogP contribution is -2.36. The summed E-state index contributed by atoms with van der Waals surface area (Å²) < 4.78 is 20.5. The zero-order chi connectivity index (χ0) is 28.5. The highest BCUT2D eigenvalue weighted by Gasteiger charge is 2.36. The lowest BCUT2D eigenvalue weighted by atomic mass is 10.2. The number of rotatable bonds is 11. The van der Waals surface area contributed by atoms with Gasteiger partial charge in [-0.25, -0.2) is 9.59 Å². The number of thioether (sulfide) groups is 1. The molecule has 0 bridgehead atoms. The minimum Gasteiger partial charge on any atom is -0.490 e. The average Bonchev–Trinajstić information content (AvgIpc) is 3.16. The Kier molecular flexibility index (Phi) is 10.4. The van der Waals surface area contributed by atoms with Crippen molar-refractivity contribution < 1.29 is 42.9 Å². The van der Waals surface area contributed by atoms with Gasteiger partial charge < -0.3 is 24.3 Å². The number of methoxy groups -OCH3 is 1. The fourth-order valence-corrected chi connectivity index (χ4v) is 4.33. The first-order valence-corrected chi connectivity index (χ1v) is 12.8. The summed E-state index contributed by atoms with van der Waals surface area (Å²) in [4.78, 5) is 62.4. The molecule has 0 aliphatic carbocycles. The first-order chi connectivity index (χ1) is 18.7. The number of hydrogen-bond acceptors (Lipinski definition) is 10. The molecule has 39 heavy (non-hydrogen) atoms. The predicted octanol–water partition coefficient (Wildman–Crippen LogP) is 4.14. The first kappa shape index (κ1) is 29.5. The van der Waals surface area contributed by atoms with Crippen molar-refractivity contribution >= 4 is 64.1 Å². The van der Waals surface area contributed by atoms with Crippen LogP contribution in [0.1, 0.15) is 29.8 Å². The second-order valence-electron chi connectivity index (χ2n) is 7.74. The van der Waals surface area contributed by atoms with E-state index in [4.69, 9.17) is 25.8 Å². The number of ether oxygens (including phenoxy) is 4. The number of carbonyl (C=O) groups is 5. The Morgan fingerprint density at radius 3 is 2.49 bits per heavy atom. The van der Waals surface area contributed by atoms with Crippen molar-refractivity contribution in [2.75, 3.05) is 38.8 Å². The van der Waals surface area contributed by atoms with Crippen LogP contribution in [0.4, 0.5) is 10.5 Å². The van der Waals surface area contributed by atoms with Crippen LogP contribution in [0.3, 0.4) is 0 Å². The molecule has 1 N–H and O–H groups in total. The van der Waals surface area contributed by atoms with Crippen LogP contribution in [0.15, 0.2) is 41.3 Å². The Morgan fingerprint density at radius 1 is 1.03 bits per heavy atom. The topological polar surface area (TPSA) is 138 Å². The zero-order valence-corrected chi connectivity index (χ0v) is 22.8. The highest BCUT2D eigenvalue weighted by Crippen LogP contribution is 2.35. The molecule has 0 radical (unpaired) electrons. The SMILES string of the molecule is CCOC(=O)c1cc(NC(=O)CN2C(=O)S/C(=C/c3ccc(OCC(=O)OC)c(OCC)c3)C2=O)ccc1Cl. The third-order valence-corrected chi connectivity index (χ3v) is 6.30. The largest absolute Gasteiger partial charge is 0.490 e. The number of benzene rings is 2. The maximum atomic E-state index is 12.9. The van der Waals surface area contributed by atoms with E-state index in [0.717, 1.165) is 4.90 Å². The normalized spacial score (nSPS) is 13.8. The minimum atomic E-state index is -0.651.